The van der Waals surface area contributed by atoms with Crippen molar-refractivity contribution in [2.24, 2.45) is 0 Å². The van der Waals surface area contributed by atoms with E-state index in [0.29, 0.717) is 11.3 Å². The molecule has 0 aliphatic carbocycles. The van der Waals surface area contributed by atoms with Crippen molar-refractivity contribution >= 4 is 34.2 Å². The van der Waals surface area contributed by atoms with Crippen LogP contribution in [0.4, 0.5) is 0 Å². The Morgan fingerprint density at radius 2 is 1.82 bits per heavy atom. The van der Waals surface area contributed by atoms with Crippen molar-refractivity contribution in [2.75, 3.05) is 6.79 Å². The highest BCUT2D eigenvalue weighted by molar-refractivity contribution is 14.1. The summed E-state index contributed by atoms with van der Waals surface area (Å²) >= 11 is 2.37. The topological polar surface area (TPSA) is 38.8 Å². The standard InChI is InChI=1S/C17H20INO3/c1-5-6-12(18)15-10-7-13-14(22-9-21-13)8-11(10)16(20)19(15)17(2,3)4/h7-8H,5-6,9H2,1-4H3/b15-12+. The number of nitrogens with zero attached hydrogens (tertiary/aromatic N) is 1. The summed E-state index contributed by atoms with van der Waals surface area (Å²) in [6.45, 7) is 8.56. The van der Waals surface area contributed by atoms with Crippen LogP contribution in [-0.2, 0) is 0 Å². The Hall–Kier alpha value is -1.24. The Balaban J connectivity index is 2.22. The third-order valence-corrected chi connectivity index (χ3v) is 4.87. The lowest BCUT2D eigenvalue weighted by atomic mass is 10.0. The molecule has 0 aromatic heterocycles. The first-order valence-electron chi connectivity index (χ1n) is 7.51. The van der Waals surface area contributed by atoms with Gasteiger partial charge in [0.1, 0.15) is 0 Å². The number of hydrogen-bond donors (Lipinski definition) is 0. The molecular formula is C17H20INO3. The Morgan fingerprint density at radius 3 is 2.36 bits per heavy atom. The van der Waals surface area contributed by atoms with Gasteiger partial charge in [-0.1, -0.05) is 13.3 Å². The van der Waals surface area contributed by atoms with Crippen LogP contribution in [0.25, 0.3) is 5.70 Å². The summed E-state index contributed by atoms with van der Waals surface area (Å²) < 4.78 is 12.1. The minimum atomic E-state index is -0.276. The highest BCUT2D eigenvalue weighted by Crippen LogP contribution is 2.47. The SMILES string of the molecule is CCC/C(I)=C1/c2cc3c(cc2C(=O)N1C(C)(C)C)OCO3. The largest absolute Gasteiger partial charge is 0.454 e. The molecule has 0 saturated heterocycles. The van der Waals surface area contributed by atoms with Crippen LogP contribution in [0, 0.1) is 0 Å². The molecule has 0 radical (unpaired) electrons. The number of rotatable bonds is 2. The number of fused-ring (bicyclic) bond motifs is 2. The van der Waals surface area contributed by atoms with Crippen LogP contribution in [0.3, 0.4) is 0 Å². The molecule has 0 bridgehead atoms. The monoisotopic (exact) mass is 413 g/mol. The van der Waals surface area contributed by atoms with Crippen LogP contribution >= 0.6 is 22.6 Å². The maximum absolute atomic E-state index is 13.0. The zero-order chi connectivity index (χ0) is 16.1. The normalized spacial score (nSPS) is 18.8. The number of hydrogen-bond acceptors (Lipinski definition) is 3. The van der Waals surface area contributed by atoms with Crippen molar-refractivity contribution in [2.45, 2.75) is 46.1 Å². The molecule has 2 aliphatic heterocycles. The molecule has 0 saturated carbocycles. The summed E-state index contributed by atoms with van der Waals surface area (Å²) in [5, 5.41) is 0. The molecular weight excluding hydrogens is 393 g/mol. The first-order valence-corrected chi connectivity index (χ1v) is 8.59. The minimum Gasteiger partial charge on any atom is -0.454 e. The second-order valence-corrected chi connectivity index (χ2v) is 7.87. The predicted octanol–water partition coefficient (Wildman–Crippen LogP) is 4.57. The molecule has 22 heavy (non-hydrogen) atoms. The molecule has 1 aromatic carbocycles. The van der Waals surface area contributed by atoms with Crippen LogP contribution in [0.5, 0.6) is 11.5 Å². The highest BCUT2D eigenvalue weighted by Gasteiger charge is 2.41. The van der Waals surface area contributed by atoms with Gasteiger partial charge in [0.05, 0.1) is 11.3 Å². The summed E-state index contributed by atoms with van der Waals surface area (Å²) in [5.41, 5.74) is 2.41. The molecule has 0 unspecified atom stereocenters. The quantitative estimate of drug-likeness (QED) is 0.667. The van der Waals surface area contributed by atoms with E-state index in [1.165, 1.54) is 3.58 Å². The average Bonchev–Trinajstić information content (AvgIpc) is 2.98. The van der Waals surface area contributed by atoms with Crippen molar-refractivity contribution in [3.8, 4) is 11.5 Å². The molecule has 4 nitrogen and oxygen atoms in total. The smallest absolute Gasteiger partial charge is 0.259 e. The molecule has 0 N–H and O–H groups in total. The zero-order valence-corrected chi connectivity index (χ0v) is 15.5. The first-order chi connectivity index (χ1) is 10.3. The van der Waals surface area contributed by atoms with E-state index in [1.807, 2.05) is 17.0 Å². The summed E-state index contributed by atoms with van der Waals surface area (Å²) in [6.07, 6.45) is 2.01. The average molecular weight is 413 g/mol. The second-order valence-electron chi connectivity index (χ2n) is 6.57. The fourth-order valence-electron chi connectivity index (χ4n) is 2.90. The van der Waals surface area contributed by atoms with Gasteiger partial charge in [-0.25, -0.2) is 0 Å². The van der Waals surface area contributed by atoms with Crippen LogP contribution < -0.4 is 9.47 Å². The third kappa shape index (κ3) is 2.39. The van der Waals surface area contributed by atoms with Gasteiger partial charge in [0.2, 0.25) is 6.79 Å². The lowest BCUT2D eigenvalue weighted by Crippen LogP contribution is -2.41. The van der Waals surface area contributed by atoms with Gasteiger partial charge in [-0.2, -0.15) is 0 Å². The van der Waals surface area contributed by atoms with E-state index < -0.39 is 0 Å². The zero-order valence-electron chi connectivity index (χ0n) is 13.3. The molecule has 0 spiro atoms. The number of carbonyl (C=O) groups is 1. The van der Waals surface area contributed by atoms with Crippen molar-refractivity contribution in [1.82, 2.24) is 4.90 Å². The van der Waals surface area contributed by atoms with E-state index in [0.717, 1.165) is 29.9 Å². The summed E-state index contributed by atoms with van der Waals surface area (Å²) in [5.74, 6) is 1.43. The van der Waals surface area contributed by atoms with E-state index in [2.05, 4.69) is 50.3 Å². The van der Waals surface area contributed by atoms with Gasteiger partial charge in [0.25, 0.3) is 5.91 Å². The maximum Gasteiger partial charge on any atom is 0.259 e. The molecule has 2 aliphatic rings. The van der Waals surface area contributed by atoms with Gasteiger partial charge in [-0.05, 0) is 61.9 Å². The fourth-order valence-corrected chi connectivity index (χ4v) is 3.97. The fraction of sp³-hybridized carbons (Fsp3) is 0.471. The van der Waals surface area contributed by atoms with Gasteiger partial charge in [-0.15, -0.1) is 0 Å². The lowest BCUT2D eigenvalue weighted by molar-refractivity contribution is 0.0748. The molecule has 1 aromatic rings. The van der Waals surface area contributed by atoms with Crippen LogP contribution in [0.15, 0.2) is 15.7 Å². The Kier molecular flexibility index (Phi) is 3.87. The van der Waals surface area contributed by atoms with Crippen molar-refractivity contribution in [3.63, 3.8) is 0 Å². The van der Waals surface area contributed by atoms with Gasteiger partial charge in [-0.3, -0.25) is 4.79 Å². The van der Waals surface area contributed by atoms with Crippen molar-refractivity contribution in [3.05, 3.63) is 26.8 Å². The Labute approximate surface area is 144 Å². The summed E-state index contributed by atoms with van der Waals surface area (Å²) in [6, 6.07) is 3.77. The number of allylic oxidation sites excluding steroid dienone is 1. The molecule has 0 atom stereocenters. The van der Waals surface area contributed by atoms with Crippen molar-refractivity contribution in [1.29, 1.82) is 0 Å². The summed E-state index contributed by atoms with van der Waals surface area (Å²) in [4.78, 5) is 14.9. The van der Waals surface area contributed by atoms with E-state index in [-0.39, 0.29) is 18.2 Å². The second kappa shape index (κ2) is 5.44. The van der Waals surface area contributed by atoms with Crippen LogP contribution in [-0.4, -0.2) is 23.1 Å². The van der Waals surface area contributed by atoms with Crippen LogP contribution in [0.2, 0.25) is 0 Å². The molecule has 118 valence electrons. The first kappa shape index (κ1) is 15.6. The van der Waals surface area contributed by atoms with E-state index in [1.54, 1.807) is 0 Å². The van der Waals surface area contributed by atoms with Gasteiger partial charge in [0, 0.05) is 14.7 Å². The van der Waals surface area contributed by atoms with E-state index in [9.17, 15) is 4.79 Å². The molecule has 1 amide bonds. The number of ether oxygens (including phenoxy) is 2. The summed E-state index contributed by atoms with van der Waals surface area (Å²) in [7, 11) is 0. The number of amides is 1. The molecule has 0 fully saturated rings. The number of carbonyl (C=O) groups excluding carboxylic acids is 1. The maximum atomic E-state index is 13.0. The lowest BCUT2D eigenvalue weighted by Gasteiger charge is -2.33. The van der Waals surface area contributed by atoms with Gasteiger partial charge >= 0.3 is 0 Å². The molecule has 3 rings (SSSR count). The third-order valence-electron chi connectivity index (χ3n) is 3.82. The van der Waals surface area contributed by atoms with Crippen LogP contribution in [0.1, 0.15) is 56.5 Å². The molecule has 2 heterocycles. The molecule has 5 heteroatoms. The van der Waals surface area contributed by atoms with Gasteiger partial charge in [0.15, 0.2) is 11.5 Å². The number of halogens is 1. The van der Waals surface area contributed by atoms with E-state index >= 15 is 0 Å². The number of benzene rings is 1. The van der Waals surface area contributed by atoms with Gasteiger partial charge < -0.3 is 14.4 Å². The Morgan fingerprint density at radius 1 is 1.23 bits per heavy atom. The van der Waals surface area contributed by atoms with E-state index in [4.69, 9.17) is 9.47 Å². The predicted molar refractivity (Wildman–Crippen MR) is 94.3 cm³/mol. The minimum absolute atomic E-state index is 0.0427. The highest BCUT2D eigenvalue weighted by atomic mass is 127. The Bertz CT molecular complexity index is 673. The van der Waals surface area contributed by atoms with Crippen molar-refractivity contribution < 1.29 is 14.3 Å².